The van der Waals surface area contributed by atoms with Crippen LogP contribution >= 0.6 is 0 Å². The van der Waals surface area contributed by atoms with Crippen molar-refractivity contribution in [3.8, 4) is 17.2 Å². The van der Waals surface area contributed by atoms with Crippen LogP contribution < -0.4 is 14.2 Å². The van der Waals surface area contributed by atoms with Gasteiger partial charge in [-0.1, -0.05) is 25.1 Å². The molecular formula is C22H21NO6. The molecule has 0 saturated carbocycles. The minimum absolute atomic E-state index is 0.0341. The Morgan fingerprint density at radius 2 is 1.93 bits per heavy atom. The van der Waals surface area contributed by atoms with E-state index >= 15 is 0 Å². The van der Waals surface area contributed by atoms with E-state index in [4.69, 9.17) is 14.2 Å². The van der Waals surface area contributed by atoms with Gasteiger partial charge in [0, 0.05) is 17.7 Å². The normalized spacial score (nSPS) is 19.7. The summed E-state index contributed by atoms with van der Waals surface area (Å²) in [4.78, 5) is 27.2. The summed E-state index contributed by atoms with van der Waals surface area (Å²) in [5.74, 6) is -0.0252. The number of hydrogen-bond acceptors (Lipinski definition) is 6. The highest BCUT2D eigenvalue weighted by Crippen LogP contribution is 2.43. The van der Waals surface area contributed by atoms with E-state index in [0.29, 0.717) is 41.3 Å². The number of ether oxygens (including phenoxy) is 3. The van der Waals surface area contributed by atoms with Crippen LogP contribution in [0, 0.1) is 0 Å². The van der Waals surface area contributed by atoms with E-state index in [1.807, 2.05) is 19.1 Å². The largest absolute Gasteiger partial charge is 0.507 e. The molecule has 7 heteroatoms. The number of ketones is 1. The Balaban J connectivity index is 1.89. The average Bonchev–Trinajstić information content (AvgIpc) is 3.31. The molecule has 1 atom stereocenters. The van der Waals surface area contributed by atoms with Crippen molar-refractivity contribution in [1.82, 2.24) is 4.90 Å². The van der Waals surface area contributed by atoms with E-state index in [1.54, 1.807) is 30.3 Å². The number of aliphatic hydroxyl groups excluding tert-OH is 1. The molecule has 0 spiro atoms. The smallest absolute Gasteiger partial charge is 0.295 e. The highest BCUT2D eigenvalue weighted by molar-refractivity contribution is 6.46. The second-order valence-corrected chi connectivity index (χ2v) is 6.80. The number of aliphatic hydroxyl groups is 1. The van der Waals surface area contributed by atoms with Crippen LogP contribution in [0.5, 0.6) is 17.2 Å². The summed E-state index contributed by atoms with van der Waals surface area (Å²) >= 11 is 0. The number of benzene rings is 2. The third kappa shape index (κ3) is 3.08. The zero-order valence-corrected chi connectivity index (χ0v) is 16.2. The SMILES string of the molecule is CCCN1C(=O)C(=O)/C(=C(/O)c2ccc3c(c2)OCO3)C1c1ccccc1OC. The van der Waals surface area contributed by atoms with E-state index in [2.05, 4.69) is 0 Å². The predicted molar refractivity (Wildman–Crippen MR) is 105 cm³/mol. The zero-order chi connectivity index (χ0) is 20.5. The van der Waals surface area contributed by atoms with Gasteiger partial charge in [0.25, 0.3) is 11.7 Å². The molecule has 2 heterocycles. The van der Waals surface area contributed by atoms with Gasteiger partial charge in [-0.15, -0.1) is 0 Å². The molecule has 2 aromatic rings. The molecule has 0 radical (unpaired) electrons. The minimum atomic E-state index is -0.739. The standard InChI is InChI=1S/C22H21NO6/c1-3-10-23-19(14-6-4-5-7-15(14)27-2)18(21(25)22(23)26)20(24)13-8-9-16-17(11-13)29-12-28-16/h4-9,11,19,24H,3,10,12H2,1-2H3/b20-18+. The maximum Gasteiger partial charge on any atom is 0.295 e. The van der Waals surface area contributed by atoms with E-state index in [0.717, 1.165) is 0 Å². The van der Waals surface area contributed by atoms with Crippen molar-refractivity contribution >= 4 is 17.4 Å². The van der Waals surface area contributed by atoms with E-state index in [1.165, 1.54) is 12.0 Å². The number of fused-ring (bicyclic) bond motifs is 1. The maximum absolute atomic E-state index is 12.9. The molecule has 2 aliphatic heterocycles. The predicted octanol–water partition coefficient (Wildman–Crippen LogP) is 3.26. The number of carbonyl (C=O) groups is 2. The molecule has 1 unspecified atom stereocenters. The number of hydrogen-bond donors (Lipinski definition) is 1. The third-order valence-corrected chi connectivity index (χ3v) is 5.08. The van der Waals surface area contributed by atoms with Gasteiger partial charge in [0.15, 0.2) is 11.5 Å². The molecule has 150 valence electrons. The monoisotopic (exact) mass is 395 g/mol. The summed E-state index contributed by atoms with van der Waals surface area (Å²) in [6.45, 7) is 2.41. The van der Waals surface area contributed by atoms with Crippen molar-refractivity contribution < 1.29 is 28.9 Å². The summed E-state index contributed by atoms with van der Waals surface area (Å²) in [6, 6.07) is 11.3. The van der Waals surface area contributed by atoms with Crippen LogP contribution in [-0.2, 0) is 9.59 Å². The first-order chi connectivity index (χ1) is 14.1. The Labute approximate surface area is 168 Å². The van der Waals surface area contributed by atoms with Crippen molar-refractivity contribution in [3.05, 3.63) is 59.2 Å². The minimum Gasteiger partial charge on any atom is -0.507 e. The van der Waals surface area contributed by atoms with Gasteiger partial charge < -0.3 is 24.2 Å². The fraction of sp³-hybridized carbons (Fsp3) is 0.273. The Hall–Kier alpha value is -3.48. The average molecular weight is 395 g/mol. The van der Waals surface area contributed by atoms with Crippen molar-refractivity contribution in [2.24, 2.45) is 0 Å². The van der Waals surface area contributed by atoms with E-state index in [-0.39, 0.29) is 18.1 Å². The van der Waals surface area contributed by atoms with Crippen molar-refractivity contribution in [2.75, 3.05) is 20.4 Å². The number of carbonyl (C=O) groups excluding carboxylic acids is 2. The zero-order valence-electron chi connectivity index (χ0n) is 16.2. The van der Waals surface area contributed by atoms with Gasteiger partial charge in [-0.3, -0.25) is 9.59 Å². The molecule has 0 aliphatic carbocycles. The number of Topliss-reactive ketones (excluding diaryl/α,β-unsaturated/α-hetero) is 1. The van der Waals surface area contributed by atoms with Crippen LogP contribution in [0.3, 0.4) is 0 Å². The molecule has 2 aromatic carbocycles. The van der Waals surface area contributed by atoms with Gasteiger partial charge in [0.2, 0.25) is 6.79 Å². The number of nitrogens with zero attached hydrogens (tertiary/aromatic N) is 1. The topological polar surface area (TPSA) is 85.3 Å². The lowest BCUT2D eigenvalue weighted by atomic mass is 9.94. The van der Waals surface area contributed by atoms with Crippen molar-refractivity contribution in [1.29, 1.82) is 0 Å². The second-order valence-electron chi connectivity index (χ2n) is 6.80. The van der Waals surface area contributed by atoms with Gasteiger partial charge in [-0.05, 0) is 30.7 Å². The number of likely N-dealkylation sites (tertiary alicyclic amines) is 1. The summed E-state index contributed by atoms with van der Waals surface area (Å²) in [6.07, 6.45) is 0.669. The molecule has 1 N–H and O–H groups in total. The van der Waals surface area contributed by atoms with Crippen LogP contribution in [0.2, 0.25) is 0 Å². The summed E-state index contributed by atoms with van der Waals surface area (Å²) < 4.78 is 16.1. The van der Waals surface area contributed by atoms with Crippen molar-refractivity contribution in [2.45, 2.75) is 19.4 Å². The molecule has 1 saturated heterocycles. The van der Waals surface area contributed by atoms with E-state index in [9.17, 15) is 14.7 Å². The lowest BCUT2D eigenvalue weighted by molar-refractivity contribution is -0.139. The Morgan fingerprint density at radius 3 is 2.69 bits per heavy atom. The first-order valence-electron chi connectivity index (χ1n) is 9.38. The first kappa shape index (κ1) is 18.9. The van der Waals surface area contributed by atoms with Crippen molar-refractivity contribution in [3.63, 3.8) is 0 Å². The summed E-state index contributed by atoms with van der Waals surface area (Å²) in [5, 5.41) is 11.1. The van der Waals surface area contributed by atoms with Gasteiger partial charge >= 0.3 is 0 Å². The second kappa shape index (κ2) is 7.50. The van der Waals surface area contributed by atoms with E-state index < -0.39 is 17.7 Å². The molecule has 1 fully saturated rings. The molecule has 2 aliphatic rings. The molecule has 1 amide bonds. The number of para-hydroxylation sites is 1. The van der Waals surface area contributed by atoms with Crippen LogP contribution in [0.25, 0.3) is 5.76 Å². The third-order valence-electron chi connectivity index (χ3n) is 5.08. The number of rotatable bonds is 5. The molecular weight excluding hydrogens is 374 g/mol. The first-order valence-corrected chi connectivity index (χ1v) is 9.38. The van der Waals surface area contributed by atoms with Gasteiger partial charge in [0.05, 0.1) is 18.7 Å². The molecule has 4 rings (SSSR count). The van der Waals surface area contributed by atoms with Crippen LogP contribution in [0.15, 0.2) is 48.0 Å². The van der Waals surface area contributed by atoms with Gasteiger partial charge in [0.1, 0.15) is 11.5 Å². The fourth-order valence-corrected chi connectivity index (χ4v) is 3.77. The van der Waals surface area contributed by atoms with Crippen LogP contribution in [0.4, 0.5) is 0 Å². The van der Waals surface area contributed by atoms with Crippen LogP contribution in [-0.4, -0.2) is 42.1 Å². The fourth-order valence-electron chi connectivity index (χ4n) is 3.77. The number of methoxy groups -OCH3 is 1. The maximum atomic E-state index is 12.9. The molecule has 0 bridgehead atoms. The highest BCUT2D eigenvalue weighted by Gasteiger charge is 2.46. The van der Waals surface area contributed by atoms with Gasteiger partial charge in [-0.2, -0.15) is 0 Å². The highest BCUT2D eigenvalue weighted by atomic mass is 16.7. The quantitative estimate of drug-likeness (QED) is 0.475. The Morgan fingerprint density at radius 1 is 1.17 bits per heavy atom. The molecule has 0 aromatic heterocycles. The summed E-state index contributed by atoms with van der Waals surface area (Å²) in [5.41, 5.74) is 1.06. The van der Waals surface area contributed by atoms with Crippen LogP contribution in [0.1, 0.15) is 30.5 Å². The Bertz CT molecular complexity index is 1010. The Kier molecular flexibility index (Phi) is 4.88. The lowest BCUT2D eigenvalue weighted by Crippen LogP contribution is -2.30. The number of amides is 1. The molecule has 29 heavy (non-hydrogen) atoms. The lowest BCUT2D eigenvalue weighted by Gasteiger charge is -2.26. The molecule has 7 nitrogen and oxygen atoms in total. The summed E-state index contributed by atoms with van der Waals surface area (Å²) in [7, 11) is 1.53. The van der Waals surface area contributed by atoms with Gasteiger partial charge in [-0.25, -0.2) is 0 Å².